The van der Waals surface area contributed by atoms with Crippen LogP contribution in [0.15, 0.2) is 24.4 Å². The number of benzene rings is 1. The number of aryl methyl sites for hydroxylation is 1. The highest BCUT2D eigenvalue weighted by molar-refractivity contribution is 6.31. The first kappa shape index (κ1) is 15.3. The molecule has 0 aliphatic rings. The van der Waals surface area contributed by atoms with Gasteiger partial charge >= 0.3 is 0 Å². The molecule has 0 amide bonds. The highest BCUT2D eigenvalue weighted by Gasteiger charge is 2.20. The lowest BCUT2D eigenvalue weighted by atomic mass is 10.0. The number of rotatable bonds is 5. The summed E-state index contributed by atoms with van der Waals surface area (Å²) in [6.45, 7) is 2.64. The minimum absolute atomic E-state index is 0.257. The maximum absolute atomic E-state index is 13.1. The van der Waals surface area contributed by atoms with E-state index in [1.807, 2.05) is 6.92 Å². The van der Waals surface area contributed by atoms with E-state index in [0.29, 0.717) is 23.0 Å². The average molecular weight is 317 g/mol. The molecule has 0 fully saturated rings. The van der Waals surface area contributed by atoms with Gasteiger partial charge in [0.15, 0.2) is 0 Å². The Kier molecular flexibility index (Phi) is 4.99. The van der Waals surface area contributed by atoms with Crippen LogP contribution in [0.25, 0.3) is 0 Å². The molecule has 1 unspecified atom stereocenters. The second-order valence-electron chi connectivity index (χ2n) is 4.35. The lowest BCUT2D eigenvalue weighted by molar-refractivity contribution is 0.490. The van der Waals surface area contributed by atoms with Gasteiger partial charge in [-0.15, -0.1) is 0 Å². The molecule has 0 radical (unpaired) electrons. The molecule has 2 rings (SSSR count). The number of aromatic nitrogens is 2. The van der Waals surface area contributed by atoms with E-state index in [2.05, 4.69) is 10.5 Å². The van der Waals surface area contributed by atoms with Crippen molar-refractivity contribution in [1.82, 2.24) is 15.2 Å². The van der Waals surface area contributed by atoms with Crippen molar-refractivity contribution in [3.63, 3.8) is 0 Å². The highest BCUT2D eigenvalue weighted by atomic mass is 35.5. The molecule has 7 heteroatoms. The van der Waals surface area contributed by atoms with Gasteiger partial charge in [0, 0.05) is 11.6 Å². The molecule has 108 valence electrons. The number of hydrogen-bond donors (Lipinski definition) is 2. The summed E-state index contributed by atoms with van der Waals surface area (Å²) in [5.74, 6) is 5.25. The molecular weight excluding hydrogens is 302 g/mol. The average Bonchev–Trinajstić information content (AvgIpc) is 2.79. The first-order valence-corrected chi connectivity index (χ1v) is 6.93. The Hall–Kier alpha value is -1.14. The van der Waals surface area contributed by atoms with Crippen LogP contribution in [-0.4, -0.2) is 9.78 Å². The van der Waals surface area contributed by atoms with Gasteiger partial charge in [-0.05, 0) is 31.0 Å². The number of nitrogens with zero attached hydrogens (tertiary/aromatic N) is 2. The number of nitrogens with two attached hydrogens (primary N) is 1. The van der Waals surface area contributed by atoms with Crippen LogP contribution >= 0.6 is 23.2 Å². The molecule has 3 N–H and O–H groups in total. The first-order valence-electron chi connectivity index (χ1n) is 6.18. The van der Waals surface area contributed by atoms with Gasteiger partial charge in [-0.3, -0.25) is 16.0 Å². The Bertz CT molecular complexity index is 600. The summed E-state index contributed by atoms with van der Waals surface area (Å²) in [6.07, 6.45) is 2.07. The van der Waals surface area contributed by atoms with E-state index < -0.39 is 0 Å². The van der Waals surface area contributed by atoms with Gasteiger partial charge < -0.3 is 0 Å². The summed E-state index contributed by atoms with van der Waals surface area (Å²) >= 11 is 12.2. The van der Waals surface area contributed by atoms with E-state index in [-0.39, 0.29) is 11.9 Å². The molecule has 0 aliphatic heterocycles. The molecule has 0 aliphatic carbocycles. The fourth-order valence-corrected chi connectivity index (χ4v) is 2.63. The highest BCUT2D eigenvalue weighted by Crippen LogP contribution is 2.28. The van der Waals surface area contributed by atoms with Gasteiger partial charge in [0.05, 0.1) is 23.0 Å². The number of nitrogens with one attached hydrogen (secondary N) is 1. The van der Waals surface area contributed by atoms with Crippen molar-refractivity contribution in [2.24, 2.45) is 5.84 Å². The Balaban J connectivity index is 2.31. The molecule has 1 heterocycles. The molecule has 1 atom stereocenters. The van der Waals surface area contributed by atoms with Gasteiger partial charge in [0.2, 0.25) is 0 Å². The number of hydrazine groups is 1. The summed E-state index contributed by atoms with van der Waals surface area (Å²) in [4.78, 5) is 0. The van der Waals surface area contributed by atoms with Crippen LogP contribution in [0, 0.1) is 5.82 Å². The SMILES string of the molecule is CCn1ncc(Cl)c1C(Cc1ccc(F)cc1Cl)NN. The Labute approximate surface area is 126 Å². The fraction of sp³-hybridized carbons (Fsp3) is 0.308. The standard InChI is InChI=1S/C13H15Cl2FN4/c1-2-20-13(11(15)7-18-20)12(19-17)5-8-3-4-9(16)6-10(8)14/h3-4,6-7,12,19H,2,5,17H2,1H3. The lowest BCUT2D eigenvalue weighted by Gasteiger charge is -2.18. The van der Waals surface area contributed by atoms with E-state index in [4.69, 9.17) is 29.0 Å². The topological polar surface area (TPSA) is 55.9 Å². The lowest BCUT2D eigenvalue weighted by Crippen LogP contribution is -2.31. The zero-order valence-electron chi connectivity index (χ0n) is 10.9. The van der Waals surface area contributed by atoms with Crippen LogP contribution in [-0.2, 0) is 13.0 Å². The van der Waals surface area contributed by atoms with Crippen LogP contribution in [0.5, 0.6) is 0 Å². The molecule has 0 bridgehead atoms. The Morgan fingerprint density at radius 2 is 2.15 bits per heavy atom. The van der Waals surface area contributed by atoms with E-state index >= 15 is 0 Å². The van der Waals surface area contributed by atoms with E-state index in [1.165, 1.54) is 12.1 Å². The van der Waals surface area contributed by atoms with E-state index in [0.717, 1.165) is 11.3 Å². The minimum Gasteiger partial charge on any atom is -0.271 e. The molecule has 2 aromatic rings. The molecule has 4 nitrogen and oxygen atoms in total. The van der Waals surface area contributed by atoms with Crippen molar-refractivity contribution in [2.75, 3.05) is 0 Å². The smallest absolute Gasteiger partial charge is 0.124 e. The number of halogens is 3. The molecule has 20 heavy (non-hydrogen) atoms. The maximum Gasteiger partial charge on any atom is 0.124 e. The van der Waals surface area contributed by atoms with Crippen molar-refractivity contribution in [3.8, 4) is 0 Å². The maximum atomic E-state index is 13.1. The largest absolute Gasteiger partial charge is 0.271 e. The summed E-state index contributed by atoms with van der Waals surface area (Å²) < 4.78 is 14.8. The molecule has 0 spiro atoms. The normalized spacial score (nSPS) is 12.7. The van der Waals surface area contributed by atoms with Gasteiger partial charge in [-0.25, -0.2) is 4.39 Å². The van der Waals surface area contributed by atoms with Crippen molar-refractivity contribution >= 4 is 23.2 Å². The van der Waals surface area contributed by atoms with Crippen LogP contribution in [0.1, 0.15) is 24.2 Å². The predicted molar refractivity (Wildman–Crippen MR) is 78.1 cm³/mol. The first-order chi connectivity index (χ1) is 9.56. The third kappa shape index (κ3) is 3.12. The molecule has 1 aromatic carbocycles. The quantitative estimate of drug-likeness (QED) is 0.658. The van der Waals surface area contributed by atoms with Crippen molar-refractivity contribution < 1.29 is 4.39 Å². The molecule has 0 saturated heterocycles. The second kappa shape index (κ2) is 6.54. The Morgan fingerprint density at radius 3 is 2.75 bits per heavy atom. The van der Waals surface area contributed by atoms with Crippen molar-refractivity contribution in [1.29, 1.82) is 0 Å². The molecule has 1 aromatic heterocycles. The van der Waals surface area contributed by atoms with E-state index in [9.17, 15) is 4.39 Å². The fourth-order valence-electron chi connectivity index (χ4n) is 2.11. The summed E-state index contributed by atoms with van der Waals surface area (Å²) in [6, 6.07) is 4.03. The monoisotopic (exact) mass is 316 g/mol. The van der Waals surface area contributed by atoms with Gasteiger partial charge in [0.25, 0.3) is 0 Å². The Morgan fingerprint density at radius 1 is 1.40 bits per heavy atom. The van der Waals surface area contributed by atoms with Gasteiger partial charge in [-0.2, -0.15) is 5.10 Å². The van der Waals surface area contributed by atoms with Crippen LogP contribution < -0.4 is 11.3 Å². The van der Waals surface area contributed by atoms with Gasteiger partial charge in [-0.1, -0.05) is 29.3 Å². The summed E-state index contributed by atoms with van der Waals surface area (Å²) in [5.41, 5.74) is 4.29. The predicted octanol–water partition coefficient (Wildman–Crippen LogP) is 3.10. The third-order valence-corrected chi connectivity index (χ3v) is 3.75. The van der Waals surface area contributed by atoms with Crippen LogP contribution in [0.3, 0.4) is 0 Å². The van der Waals surface area contributed by atoms with Crippen molar-refractivity contribution in [2.45, 2.75) is 25.9 Å². The second-order valence-corrected chi connectivity index (χ2v) is 5.17. The van der Waals surface area contributed by atoms with Gasteiger partial charge in [0.1, 0.15) is 5.82 Å². The third-order valence-electron chi connectivity index (χ3n) is 3.10. The molecular formula is C13H15Cl2FN4. The summed E-state index contributed by atoms with van der Waals surface area (Å²) in [5, 5.41) is 5.08. The summed E-state index contributed by atoms with van der Waals surface area (Å²) in [7, 11) is 0. The van der Waals surface area contributed by atoms with E-state index in [1.54, 1.807) is 16.9 Å². The van der Waals surface area contributed by atoms with Crippen LogP contribution in [0.2, 0.25) is 10.0 Å². The number of hydrogen-bond acceptors (Lipinski definition) is 3. The molecule has 0 saturated carbocycles. The van der Waals surface area contributed by atoms with Crippen LogP contribution in [0.4, 0.5) is 4.39 Å². The zero-order chi connectivity index (χ0) is 14.7. The zero-order valence-corrected chi connectivity index (χ0v) is 12.4. The minimum atomic E-state index is -0.368. The van der Waals surface area contributed by atoms with Crippen molar-refractivity contribution in [3.05, 3.63) is 51.5 Å².